The van der Waals surface area contributed by atoms with Crippen molar-refractivity contribution < 1.29 is 9.53 Å². The van der Waals surface area contributed by atoms with Crippen molar-refractivity contribution in [3.8, 4) is 0 Å². The van der Waals surface area contributed by atoms with Gasteiger partial charge in [-0.25, -0.2) is 0 Å². The lowest BCUT2D eigenvalue weighted by atomic mass is 9.78. The van der Waals surface area contributed by atoms with Crippen molar-refractivity contribution in [3.05, 3.63) is 12.2 Å². The van der Waals surface area contributed by atoms with Gasteiger partial charge in [-0.3, -0.25) is 4.79 Å². The zero-order valence-electron chi connectivity index (χ0n) is 22.1. The molecule has 0 bridgehead atoms. The fourth-order valence-corrected chi connectivity index (χ4v) is 6.87. The average Bonchev–Trinajstić information content (AvgIpc) is 2.85. The molecule has 3 aliphatic rings. The number of esters is 1. The van der Waals surface area contributed by atoms with E-state index in [9.17, 15) is 4.79 Å². The maximum Gasteiger partial charge on any atom is 0.309 e. The number of rotatable bonds is 12. The molecule has 0 atom stereocenters. The molecule has 0 unspecified atom stereocenters. The summed E-state index contributed by atoms with van der Waals surface area (Å²) in [4.78, 5) is 12.7. The standard InChI is InChI=1S/C31H54O2/c1-3-5-6-10-26-13-15-27(16-14-26)11-7-8-12-28-17-21-29(22-18-28)31(32)33-30-23-19-25(9-4-2)20-24-30/h8,12,25-30H,3-7,9-11,13-24H2,1-2H3/b12-8+. The highest BCUT2D eigenvalue weighted by Crippen LogP contribution is 2.35. The summed E-state index contributed by atoms with van der Waals surface area (Å²) < 4.78 is 5.94. The lowest BCUT2D eigenvalue weighted by Gasteiger charge is -2.31. The monoisotopic (exact) mass is 458 g/mol. The third-order valence-electron chi connectivity index (χ3n) is 9.21. The van der Waals surface area contributed by atoms with E-state index in [1.54, 1.807) is 0 Å². The Labute approximate surface area is 205 Å². The molecule has 0 radical (unpaired) electrons. The van der Waals surface area contributed by atoms with Crippen LogP contribution in [0.15, 0.2) is 12.2 Å². The molecule has 2 heteroatoms. The number of carbonyl (C=O) groups is 1. The van der Waals surface area contributed by atoms with Gasteiger partial charge in [-0.05, 0) is 87.9 Å². The third-order valence-corrected chi connectivity index (χ3v) is 9.21. The molecule has 0 aromatic heterocycles. The summed E-state index contributed by atoms with van der Waals surface area (Å²) in [5.74, 6) is 3.84. The van der Waals surface area contributed by atoms with Crippen LogP contribution in [0.25, 0.3) is 0 Å². The number of allylic oxidation sites excluding steroid dienone is 2. The molecule has 0 aromatic carbocycles. The molecule has 0 saturated heterocycles. The fourth-order valence-electron chi connectivity index (χ4n) is 6.87. The summed E-state index contributed by atoms with van der Waals surface area (Å²) in [5.41, 5.74) is 0. The van der Waals surface area contributed by atoms with Crippen LogP contribution in [0.5, 0.6) is 0 Å². The quantitative estimate of drug-likeness (QED) is 0.165. The van der Waals surface area contributed by atoms with E-state index < -0.39 is 0 Å². The minimum Gasteiger partial charge on any atom is -0.462 e. The Morgan fingerprint density at radius 2 is 1.30 bits per heavy atom. The highest BCUT2D eigenvalue weighted by molar-refractivity contribution is 5.72. The van der Waals surface area contributed by atoms with Gasteiger partial charge in [0.15, 0.2) is 0 Å². The van der Waals surface area contributed by atoms with Gasteiger partial charge in [0.1, 0.15) is 6.10 Å². The lowest BCUT2D eigenvalue weighted by molar-refractivity contribution is -0.157. The third kappa shape index (κ3) is 9.77. The SMILES string of the molecule is CCCCCC1CCC(CC/C=C/C2CCC(C(=O)OC3CCC(CCC)CC3)CC2)CC1. The molecule has 33 heavy (non-hydrogen) atoms. The molecular formula is C31H54O2. The fraction of sp³-hybridized carbons (Fsp3) is 0.903. The second kappa shape index (κ2) is 15.3. The van der Waals surface area contributed by atoms with Crippen LogP contribution in [-0.2, 0) is 9.53 Å². The van der Waals surface area contributed by atoms with Crippen molar-refractivity contribution in [1.82, 2.24) is 0 Å². The second-order valence-corrected chi connectivity index (χ2v) is 11.9. The van der Waals surface area contributed by atoms with Gasteiger partial charge in [0.25, 0.3) is 0 Å². The summed E-state index contributed by atoms with van der Waals surface area (Å²) in [6.45, 7) is 4.59. The highest BCUT2D eigenvalue weighted by Gasteiger charge is 2.30. The molecule has 0 aromatic rings. The van der Waals surface area contributed by atoms with Crippen molar-refractivity contribution in [2.75, 3.05) is 0 Å². The van der Waals surface area contributed by atoms with E-state index in [0.717, 1.165) is 43.4 Å². The molecule has 0 N–H and O–H groups in total. The number of hydrogen-bond acceptors (Lipinski definition) is 2. The number of hydrogen-bond donors (Lipinski definition) is 0. The van der Waals surface area contributed by atoms with E-state index in [1.165, 1.54) is 103 Å². The topological polar surface area (TPSA) is 26.3 Å². The molecule has 3 saturated carbocycles. The average molecular weight is 459 g/mol. The Bertz CT molecular complexity index is 543. The largest absolute Gasteiger partial charge is 0.462 e. The van der Waals surface area contributed by atoms with Crippen molar-refractivity contribution >= 4 is 5.97 Å². The van der Waals surface area contributed by atoms with Gasteiger partial charge in [-0.15, -0.1) is 0 Å². The van der Waals surface area contributed by atoms with E-state index in [2.05, 4.69) is 26.0 Å². The minimum absolute atomic E-state index is 0.113. The first-order valence-electron chi connectivity index (χ1n) is 15.0. The van der Waals surface area contributed by atoms with Gasteiger partial charge in [0.2, 0.25) is 0 Å². The number of unbranched alkanes of at least 4 members (excludes halogenated alkanes) is 2. The molecule has 2 nitrogen and oxygen atoms in total. The van der Waals surface area contributed by atoms with Crippen LogP contribution < -0.4 is 0 Å². The van der Waals surface area contributed by atoms with Crippen molar-refractivity contribution in [2.45, 2.75) is 148 Å². The molecule has 0 spiro atoms. The maximum absolute atomic E-state index is 12.7. The Balaban J connectivity index is 1.23. The Morgan fingerprint density at radius 3 is 1.94 bits per heavy atom. The molecular weight excluding hydrogens is 404 g/mol. The van der Waals surface area contributed by atoms with E-state index in [4.69, 9.17) is 4.74 Å². The van der Waals surface area contributed by atoms with Crippen LogP contribution in [0.1, 0.15) is 142 Å². The van der Waals surface area contributed by atoms with E-state index in [0.29, 0.717) is 5.92 Å². The first-order valence-corrected chi connectivity index (χ1v) is 15.0. The normalized spacial score (nSPS) is 33.3. The van der Waals surface area contributed by atoms with Crippen LogP contribution in [0.2, 0.25) is 0 Å². The van der Waals surface area contributed by atoms with Crippen LogP contribution in [0, 0.1) is 29.6 Å². The van der Waals surface area contributed by atoms with Crippen molar-refractivity contribution in [1.29, 1.82) is 0 Å². The first-order chi connectivity index (χ1) is 16.2. The summed E-state index contributed by atoms with van der Waals surface area (Å²) in [7, 11) is 0. The maximum atomic E-state index is 12.7. The number of ether oxygens (including phenoxy) is 1. The summed E-state index contributed by atoms with van der Waals surface area (Å²) >= 11 is 0. The van der Waals surface area contributed by atoms with Gasteiger partial charge < -0.3 is 4.74 Å². The minimum atomic E-state index is 0.113. The van der Waals surface area contributed by atoms with Gasteiger partial charge in [0, 0.05) is 0 Å². The Kier molecular flexibility index (Phi) is 12.4. The molecule has 0 aliphatic heterocycles. The summed E-state index contributed by atoms with van der Waals surface area (Å²) in [6.07, 6.45) is 31.1. The molecule has 3 fully saturated rings. The highest BCUT2D eigenvalue weighted by atomic mass is 16.5. The Hall–Kier alpha value is -0.790. The van der Waals surface area contributed by atoms with E-state index >= 15 is 0 Å². The molecule has 190 valence electrons. The van der Waals surface area contributed by atoms with Crippen LogP contribution in [0.3, 0.4) is 0 Å². The Morgan fingerprint density at radius 1 is 0.697 bits per heavy atom. The van der Waals surface area contributed by atoms with Gasteiger partial charge in [-0.2, -0.15) is 0 Å². The lowest BCUT2D eigenvalue weighted by Crippen LogP contribution is -2.30. The summed E-state index contributed by atoms with van der Waals surface area (Å²) in [5, 5.41) is 0. The molecule has 0 heterocycles. The predicted octanol–water partition coefficient (Wildman–Crippen LogP) is 9.42. The second-order valence-electron chi connectivity index (χ2n) is 11.9. The van der Waals surface area contributed by atoms with E-state index in [1.807, 2.05) is 0 Å². The van der Waals surface area contributed by atoms with Gasteiger partial charge >= 0.3 is 5.97 Å². The van der Waals surface area contributed by atoms with Crippen LogP contribution in [-0.4, -0.2) is 12.1 Å². The van der Waals surface area contributed by atoms with Gasteiger partial charge in [0.05, 0.1) is 5.92 Å². The van der Waals surface area contributed by atoms with Crippen LogP contribution in [0.4, 0.5) is 0 Å². The first kappa shape index (κ1) is 26.8. The van der Waals surface area contributed by atoms with Crippen molar-refractivity contribution in [2.24, 2.45) is 29.6 Å². The van der Waals surface area contributed by atoms with Gasteiger partial charge in [-0.1, -0.05) is 90.2 Å². The molecule has 3 rings (SSSR count). The van der Waals surface area contributed by atoms with E-state index in [-0.39, 0.29) is 18.0 Å². The predicted molar refractivity (Wildman–Crippen MR) is 140 cm³/mol. The zero-order chi connectivity index (χ0) is 23.3. The molecule has 0 amide bonds. The zero-order valence-corrected chi connectivity index (χ0v) is 22.1. The van der Waals surface area contributed by atoms with Crippen molar-refractivity contribution in [3.63, 3.8) is 0 Å². The smallest absolute Gasteiger partial charge is 0.309 e. The summed E-state index contributed by atoms with van der Waals surface area (Å²) in [6, 6.07) is 0. The van der Waals surface area contributed by atoms with Crippen LogP contribution >= 0.6 is 0 Å². The molecule has 3 aliphatic carbocycles. The number of carbonyl (C=O) groups excluding carboxylic acids is 1.